The van der Waals surface area contributed by atoms with Crippen LogP contribution in [0.5, 0.6) is 0 Å². The molecule has 0 aliphatic carbocycles. The van der Waals surface area contributed by atoms with Crippen LogP contribution in [0.4, 0.5) is 0 Å². The van der Waals surface area contributed by atoms with E-state index < -0.39 is 0 Å². The van der Waals surface area contributed by atoms with Crippen LogP contribution in [0.1, 0.15) is 22.8 Å². The summed E-state index contributed by atoms with van der Waals surface area (Å²) in [7, 11) is 0. The molecule has 3 rings (SSSR count). The van der Waals surface area contributed by atoms with E-state index in [-0.39, 0.29) is 0 Å². The first kappa shape index (κ1) is 14.0. The number of aromatic nitrogens is 4. The highest BCUT2D eigenvalue weighted by molar-refractivity contribution is 9.10. The summed E-state index contributed by atoms with van der Waals surface area (Å²) in [6.45, 7) is 4.02. The van der Waals surface area contributed by atoms with E-state index in [4.69, 9.17) is 4.52 Å². The van der Waals surface area contributed by atoms with Gasteiger partial charge >= 0.3 is 0 Å². The van der Waals surface area contributed by atoms with Crippen LogP contribution in [0, 0.1) is 13.8 Å². The quantitative estimate of drug-likeness (QED) is 0.783. The maximum absolute atomic E-state index is 5.32. The minimum absolute atomic E-state index is 0.623. The van der Waals surface area contributed by atoms with E-state index >= 15 is 0 Å². The van der Waals surface area contributed by atoms with Crippen molar-refractivity contribution in [2.75, 3.05) is 0 Å². The van der Waals surface area contributed by atoms with Crippen molar-refractivity contribution in [2.45, 2.75) is 26.7 Å². The van der Waals surface area contributed by atoms with E-state index in [2.05, 4.69) is 36.3 Å². The Bertz CT molecular complexity index is 726. The van der Waals surface area contributed by atoms with Gasteiger partial charge in [0.2, 0.25) is 11.7 Å². The van der Waals surface area contributed by atoms with Gasteiger partial charge in [0.1, 0.15) is 0 Å². The van der Waals surface area contributed by atoms with E-state index in [0.717, 1.165) is 27.8 Å². The fourth-order valence-electron chi connectivity index (χ4n) is 2.25. The maximum atomic E-state index is 5.32. The molecule has 0 saturated heterocycles. The van der Waals surface area contributed by atoms with Crippen molar-refractivity contribution in [2.24, 2.45) is 0 Å². The molecule has 5 nitrogen and oxygen atoms in total. The lowest BCUT2D eigenvalue weighted by Crippen LogP contribution is -1.94. The fourth-order valence-corrected chi connectivity index (χ4v) is 2.51. The van der Waals surface area contributed by atoms with Crippen molar-refractivity contribution in [3.05, 3.63) is 51.6 Å². The molecule has 0 spiro atoms. The molecule has 0 radical (unpaired) electrons. The topological polar surface area (TPSA) is 67.6 Å². The minimum atomic E-state index is 0.623. The van der Waals surface area contributed by atoms with Gasteiger partial charge in [0.05, 0.1) is 5.69 Å². The highest BCUT2D eigenvalue weighted by atomic mass is 79.9. The van der Waals surface area contributed by atoms with Gasteiger partial charge in [-0.15, -0.1) is 0 Å². The summed E-state index contributed by atoms with van der Waals surface area (Å²) in [5, 5.41) is 11.2. The SMILES string of the molecule is Cc1n[nH]c(C)c1CCc1nc(-c2ccc(Br)cc2)no1. The standard InChI is InChI=1S/C15H15BrN4O/c1-9-13(10(2)19-18-9)7-8-14-17-15(20-21-14)11-3-5-12(16)6-4-11/h3-6H,7-8H2,1-2H3,(H,18,19). The van der Waals surface area contributed by atoms with Gasteiger partial charge in [-0.1, -0.05) is 21.1 Å². The van der Waals surface area contributed by atoms with Crippen molar-refractivity contribution in [3.63, 3.8) is 0 Å². The number of hydrogen-bond acceptors (Lipinski definition) is 4. The number of nitrogens with one attached hydrogen (secondary N) is 1. The van der Waals surface area contributed by atoms with E-state index in [1.165, 1.54) is 5.56 Å². The average Bonchev–Trinajstić information content (AvgIpc) is 3.06. The van der Waals surface area contributed by atoms with E-state index in [9.17, 15) is 0 Å². The Morgan fingerprint density at radius 1 is 1.14 bits per heavy atom. The number of H-pyrrole nitrogens is 1. The van der Waals surface area contributed by atoms with Crippen molar-refractivity contribution in [3.8, 4) is 11.4 Å². The smallest absolute Gasteiger partial charge is 0.227 e. The Labute approximate surface area is 130 Å². The van der Waals surface area contributed by atoms with Gasteiger partial charge in [-0.05, 0) is 50.1 Å². The first-order chi connectivity index (χ1) is 10.1. The van der Waals surface area contributed by atoms with E-state index in [1.807, 2.05) is 38.1 Å². The Morgan fingerprint density at radius 3 is 2.57 bits per heavy atom. The zero-order valence-corrected chi connectivity index (χ0v) is 13.4. The molecule has 0 unspecified atom stereocenters. The second kappa shape index (κ2) is 5.81. The largest absolute Gasteiger partial charge is 0.339 e. The monoisotopic (exact) mass is 346 g/mol. The van der Waals surface area contributed by atoms with Crippen molar-refractivity contribution < 1.29 is 4.52 Å². The van der Waals surface area contributed by atoms with Crippen LogP contribution >= 0.6 is 15.9 Å². The molecule has 0 bridgehead atoms. The molecular weight excluding hydrogens is 332 g/mol. The van der Waals surface area contributed by atoms with Crippen molar-refractivity contribution >= 4 is 15.9 Å². The Kier molecular flexibility index (Phi) is 3.88. The van der Waals surface area contributed by atoms with Gasteiger partial charge in [0.25, 0.3) is 0 Å². The van der Waals surface area contributed by atoms with Crippen molar-refractivity contribution in [1.82, 2.24) is 20.3 Å². The third-order valence-electron chi connectivity index (χ3n) is 3.44. The van der Waals surface area contributed by atoms with Gasteiger partial charge in [0, 0.05) is 22.2 Å². The highest BCUT2D eigenvalue weighted by Crippen LogP contribution is 2.20. The summed E-state index contributed by atoms with van der Waals surface area (Å²) >= 11 is 3.41. The van der Waals surface area contributed by atoms with Gasteiger partial charge in [0.15, 0.2) is 0 Å². The predicted octanol–water partition coefficient (Wildman–Crippen LogP) is 3.62. The third-order valence-corrected chi connectivity index (χ3v) is 3.97. The molecule has 0 fully saturated rings. The van der Waals surface area contributed by atoms with E-state index in [0.29, 0.717) is 18.1 Å². The number of halogens is 1. The zero-order chi connectivity index (χ0) is 14.8. The van der Waals surface area contributed by atoms with Gasteiger partial charge in [-0.2, -0.15) is 10.1 Å². The molecule has 6 heteroatoms. The highest BCUT2D eigenvalue weighted by Gasteiger charge is 2.11. The number of rotatable bonds is 4. The lowest BCUT2D eigenvalue weighted by atomic mass is 10.1. The fraction of sp³-hybridized carbons (Fsp3) is 0.267. The second-order valence-electron chi connectivity index (χ2n) is 4.93. The Morgan fingerprint density at radius 2 is 1.90 bits per heavy atom. The molecule has 1 aromatic carbocycles. The summed E-state index contributed by atoms with van der Waals surface area (Å²) in [5.74, 6) is 1.27. The molecule has 0 atom stereocenters. The van der Waals surface area contributed by atoms with Gasteiger partial charge in [-0.3, -0.25) is 5.10 Å². The van der Waals surface area contributed by atoms with Crippen molar-refractivity contribution in [1.29, 1.82) is 0 Å². The molecule has 2 aromatic heterocycles. The summed E-state index contributed by atoms with van der Waals surface area (Å²) < 4.78 is 6.35. The van der Waals surface area contributed by atoms with Crippen LogP contribution in [-0.2, 0) is 12.8 Å². The number of hydrogen-bond donors (Lipinski definition) is 1. The summed E-state index contributed by atoms with van der Waals surface area (Å²) in [6, 6.07) is 7.85. The number of nitrogens with zero attached hydrogens (tertiary/aromatic N) is 3. The Hall–Kier alpha value is -1.95. The summed E-state index contributed by atoms with van der Waals surface area (Å²) in [5.41, 5.74) is 4.29. The molecule has 3 aromatic rings. The normalized spacial score (nSPS) is 11.0. The first-order valence-electron chi connectivity index (χ1n) is 6.72. The molecule has 2 heterocycles. The summed E-state index contributed by atoms with van der Waals surface area (Å²) in [4.78, 5) is 4.45. The zero-order valence-electron chi connectivity index (χ0n) is 11.9. The second-order valence-corrected chi connectivity index (χ2v) is 5.85. The van der Waals surface area contributed by atoms with Gasteiger partial charge < -0.3 is 4.52 Å². The predicted molar refractivity (Wildman–Crippen MR) is 82.9 cm³/mol. The number of aryl methyl sites for hydroxylation is 3. The lowest BCUT2D eigenvalue weighted by Gasteiger charge is -1.97. The van der Waals surface area contributed by atoms with Gasteiger partial charge in [-0.25, -0.2) is 0 Å². The Balaban J connectivity index is 1.72. The molecule has 0 amide bonds. The molecule has 0 aliphatic heterocycles. The number of benzene rings is 1. The molecule has 108 valence electrons. The molecule has 1 N–H and O–H groups in total. The maximum Gasteiger partial charge on any atom is 0.227 e. The molecule has 0 saturated carbocycles. The number of aromatic amines is 1. The first-order valence-corrected chi connectivity index (χ1v) is 7.52. The van der Waals surface area contributed by atoms with Crippen LogP contribution < -0.4 is 0 Å². The third kappa shape index (κ3) is 3.05. The van der Waals surface area contributed by atoms with Crippen LogP contribution in [0.25, 0.3) is 11.4 Å². The van der Waals surface area contributed by atoms with Crippen LogP contribution in [-0.4, -0.2) is 20.3 Å². The average molecular weight is 347 g/mol. The van der Waals surface area contributed by atoms with Crippen LogP contribution in [0.2, 0.25) is 0 Å². The van der Waals surface area contributed by atoms with Crippen LogP contribution in [0.3, 0.4) is 0 Å². The molecule has 0 aliphatic rings. The minimum Gasteiger partial charge on any atom is -0.339 e. The van der Waals surface area contributed by atoms with E-state index in [1.54, 1.807) is 0 Å². The van der Waals surface area contributed by atoms with Crippen LogP contribution in [0.15, 0.2) is 33.3 Å². The lowest BCUT2D eigenvalue weighted by molar-refractivity contribution is 0.379. The molecular formula is C15H15BrN4O. The molecule has 21 heavy (non-hydrogen) atoms. The summed E-state index contributed by atoms with van der Waals surface area (Å²) in [6.07, 6.45) is 1.56.